The number of rotatable bonds is 1. The largest absolute Gasteiger partial charge is 0.465 e. The molecule has 0 spiro atoms. The molecule has 1 heterocycles. The molecule has 0 aliphatic rings. The van der Waals surface area contributed by atoms with Crippen LogP contribution in [0.2, 0.25) is 0 Å². The van der Waals surface area contributed by atoms with E-state index in [0.717, 1.165) is 0 Å². The van der Waals surface area contributed by atoms with E-state index < -0.39 is 6.09 Å². The summed E-state index contributed by atoms with van der Waals surface area (Å²) in [5.41, 5.74) is 0. The number of aromatic nitrogens is 2. The Bertz CT molecular complexity index is 194. The van der Waals surface area contributed by atoms with E-state index in [0.29, 0.717) is 0 Å². The van der Waals surface area contributed by atoms with E-state index in [4.69, 9.17) is 5.11 Å². The van der Waals surface area contributed by atoms with Crippen LogP contribution in [0.25, 0.3) is 0 Å². The normalized spacial score (nSPS) is 8.89. The molecule has 0 unspecified atom stereocenters. The number of carbonyl (C=O) groups is 1. The Balaban J connectivity index is 2.58. The Morgan fingerprint density at radius 3 is 3.22 bits per heavy atom. The van der Waals surface area contributed by atoms with Crippen molar-refractivity contribution in [2.24, 2.45) is 0 Å². The van der Waals surface area contributed by atoms with Gasteiger partial charge in [-0.3, -0.25) is 5.32 Å². The summed E-state index contributed by atoms with van der Waals surface area (Å²) in [6, 6.07) is 0. The minimum absolute atomic E-state index is 0.183. The maximum atomic E-state index is 9.88. The highest BCUT2D eigenvalue weighted by atomic mass is 16.4. The molecule has 9 heavy (non-hydrogen) atoms. The molecule has 0 aliphatic carbocycles. The quantitative estimate of drug-likeness (QED) is 0.506. The lowest BCUT2D eigenvalue weighted by molar-refractivity contribution is 0.209. The summed E-state index contributed by atoms with van der Waals surface area (Å²) >= 11 is 0. The third-order valence-corrected chi connectivity index (χ3v) is 0.674. The fourth-order valence-corrected chi connectivity index (χ4v) is 0.395. The first kappa shape index (κ1) is 5.61. The van der Waals surface area contributed by atoms with Crippen molar-refractivity contribution in [1.29, 1.82) is 0 Å². The summed E-state index contributed by atoms with van der Waals surface area (Å²) in [6.07, 6.45) is 2.64. The van der Waals surface area contributed by atoms with Crippen molar-refractivity contribution >= 4 is 11.9 Å². The van der Waals surface area contributed by atoms with Gasteiger partial charge in [-0.2, -0.15) is 0 Å². The molecule has 0 aliphatic heterocycles. The van der Waals surface area contributed by atoms with Crippen molar-refractivity contribution in [2.75, 3.05) is 5.32 Å². The lowest BCUT2D eigenvalue weighted by Crippen LogP contribution is -2.07. The summed E-state index contributed by atoms with van der Waals surface area (Å²) in [6.45, 7) is 0. The molecule has 1 rings (SSSR count). The van der Waals surface area contributed by atoms with E-state index in [-0.39, 0.29) is 5.82 Å². The second-order valence-corrected chi connectivity index (χ2v) is 1.31. The van der Waals surface area contributed by atoms with Crippen molar-refractivity contribution < 1.29 is 9.90 Å². The number of amides is 1. The van der Waals surface area contributed by atoms with Gasteiger partial charge in [0.1, 0.15) is 6.20 Å². The number of H-pyrrole nitrogens is 1. The zero-order chi connectivity index (χ0) is 6.69. The number of carboxylic acid groups (broad SMARTS) is 1. The smallest absolute Gasteiger partial charge is 0.410 e. The van der Waals surface area contributed by atoms with E-state index in [2.05, 4.69) is 16.2 Å². The van der Waals surface area contributed by atoms with Crippen molar-refractivity contribution in [2.45, 2.75) is 0 Å². The molecule has 0 aromatic carbocycles. The molecule has 3 N–H and O–H groups in total. The molecule has 5 nitrogen and oxygen atoms in total. The van der Waals surface area contributed by atoms with Gasteiger partial charge in [-0.05, 0) is 0 Å². The van der Waals surface area contributed by atoms with Crippen molar-refractivity contribution in [1.82, 2.24) is 9.97 Å². The predicted octanol–water partition coefficient (Wildman–Crippen LogP) is 0.300. The van der Waals surface area contributed by atoms with Crippen LogP contribution in [-0.4, -0.2) is 21.2 Å². The molecular weight excluding hydrogens is 122 g/mol. The van der Waals surface area contributed by atoms with Crippen LogP contribution in [0, 0.1) is 6.20 Å². The maximum Gasteiger partial charge on any atom is 0.410 e. The van der Waals surface area contributed by atoms with Gasteiger partial charge in [-0.25, -0.2) is 9.78 Å². The number of imidazole rings is 1. The fraction of sp³-hybridized carbons (Fsp3) is 0. The van der Waals surface area contributed by atoms with Crippen molar-refractivity contribution in [3.05, 3.63) is 12.5 Å². The monoisotopic (exact) mass is 126 g/mol. The van der Waals surface area contributed by atoms with Crippen LogP contribution < -0.4 is 5.32 Å². The first-order valence-electron chi connectivity index (χ1n) is 2.20. The molecule has 0 saturated carbocycles. The van der Waals surface area contributed by atoms with Crippen LogP contribution in [0.3, 0.4) is 0 Å². The summed E-state index contributed by atoms with van der Waals surface area (Å²) < 4.78 is 0. The van der Waals surface area contributed by atoms with E-state index in [1.54, 1.807) is 0 Å². The first-order valence-corrected chi connectivity index (χ1v) is 2.20. The number of nitrogens with zero attached hydrogens (tertiary/aromatic N) is 1. The molecule has 0 saturated heterocycles. The minimum atomic E-state index is -1.14. The molecular formula is C4H4N3O2. The lowest BCUT2D eigenvalue weighted by atomic mass is 10.7. The molecule has 1 aromatic heterocycles. The number of anilines is 1. The molecule has 0 fully saturated rings. The molecule has 0 bridgehead atoms. The van der Waals surface area contributed by atoms with Gasteiger partial charge in [-0.15, -0.1) is 0 Å². The van der Waals surface area contributed by atoms with Gasteiger partial charge in [0.05, 0.1) is 6.33 Å². The Morgan fingerprint density at radius 1 is 2.00 bits per heavy atom. The number of hydrogen-bond acceptors (Lipinski definition) is 2. The van der Waals surface area contributed by atoms with Gasteiger partial charge >= 0.3 is 6.09 Å². The lowest BCUT2D eigenvalue weighted by Gasteiger charge is -1.88. The summed E-state index contributed by atoms with van der Waals surface area (Å²) in [4.78, 5) is 15.9. The van der Waals surface area contributed by atoms with E-state index in [1.807, 2.05) is 5.32 Å². The average molecular weight is 126 g/mol. The summed E-state index contributed by atoms with van der Waals surface area (Å²) in [5.74, 6) is 0.183. The number of hydrogen-bond donors (Lipinski definition) is 3. The second kappa shape index (κ2) is 2.17. The first-order chi connectivity index (χ1) is 4.29. The van der Waals surface area contributed by atoms with Crippen LogP contribution in [0.1, 0.15) is 0 Å². The zero-order valence-corrected chi connectivity index (χ0v) is 4.38. The van der Waals surface area contributed by atoms with E-state index in [9.17, 15) is 4.79 Å². The van der Waals surface area contributed by atoms with Gasteiger partial charge in [0.2, 0.25) is 0 Å². The van der Waals surface area contributed by atoms with Gasteiger partial charge in [-0.1, -0.05) is 0 Å². The minimum Gasteiger partial charge on any atom is -0.465 e. The SMILES string of the molecule is O=C(O)Nc1[c][nH]cn1. The van der Waals surface area contributed by atoms with Gasteiger partial charge < -0.3 is 10.1 Å². The maximum absolute atomic E-state index is 9.88. The Labute approximate surface area is 50.7 Å². The standard InChI is InChI=1S/C4H4N3O2/c8-4(9)7-3-1-5-2-6-3/h2,7H,(H,5,6)(H,8,9). The van der Waals surface area contributed by atoms with Crippen molar-refractivity contribution in [3.8, 4) is 0 Å². The van der Waals surface area contributed by atoms with Crippen LogP contribution in [0.5, 0.6) is 0 Å². The van der Waals surface area contributed by atoms with Gasteiger partial charge in [0, 0.05) is 0 Å². The van der Waals surface area contributed by atoms with Gasteiger partial charge in [0.25, 0.3) is 0 Å². The number of aromatic amines is 1. The molecule has 1 aromatic rings. The van der Waals surface area contributed by atoms with Crippen molar-refractivity contribution in [3.63, 3.8) is 0 Å². The third-order valence-electron chi connectivity index (χ3n) is 0.674. The molecule has 1 amide bonds. The van der Waals surface area contributed by atoms with Crippen LogP contribution in [0.4, 0.5) is 10.6 Å². The molecule has 1 radical (unpaired) electrons. The highest BCUT2D eigenvalue weighted by Crippen LogP contribution is 1.94. The van der Waals surface area contributed by atoms with Crippen LogP contribution in [0.15, 0.2) is 6.33 Å². The predicted molar refractivity (Wildman–Crippen MR) is 29.1 cm³/mol. The zero-order valence-electron chi connectivity index (χ0n) is 4.38. The van der Waals surface area contributed by atoms with Crippen LogP contribution >= 0.6 is 0 Å². The summed E-state index contributed by atoms with van der Waals surface area (Å²) in [5, 5.41) is 10.1. The topological polar surface area (TPSA) is 78.0 Å². The van der Waals surface area contributed by atoms with E-state index >= 15 is 0 Å². The summed E-state index contributed by atoms with van der Waals surface area (Å²) in [7, 11) is 0. The Kier molecular flexibility index (Phi) is 1.35. The Hall–Kier alpha value is -1.52. The second-order valence-electron chi connectivity index (χ2n) is 1.31. The van der Waals surface area contributed by atoms with Gasteiger partial charge in [0.15, 0.2) is 5.82 Å². The van der Waals surface area contributed by atoms with E-state index in [1.165, 1.54) is 6.33 Å². The highest BCUT2D eigenvalue weighted by Gasteiger charge is 1.96. The third kappa shape index (κ3) is 1.45. The molecule has 5 heteroatoms. The molecule has 47 valence electrons. The highest BCUT2D eigenvalue weighted by molar-refractivity contribution is 5.80. The average Bonchev–Trinajstić information content (AvgIpc) is 2.15. The van der Waals surface area contributed by atoms with Crippen LogP contribution in [-0.2, 0) is 0 Å². The Morgan fingerprint density at radius 2 is 2.78 bits per heavy atom. The fourth-order valence-electron chi connectivity index (χ4n) is 0.395. The number of nitrogens with one attached hydrogen (secondary N) is 2. The molecule has 0 atom stereocenters.